The number of esters is 1. The summed E-state index contributed by atoms with van der Waals surface area (Å²) in [7, 11) is 1.30. The molecule has 0 fully saturated rings. The highest BCUT2D eigenvalue weighted by atomic mass is 16.6. The normalized spacial score (nSPS) is 10.6. The number of rotatable bonds is 5. The molecule has 8 heteroatoms. The Hall–Kier alpha value is -2.90. The van der Waals surface area contributed by atoms with E-state index in [-0.39, 0.29) is 28.9 Å². The van der Waals surface area contributed by atoms with Gasteiger partial charge in [-0.25, -0.2) is 9.59 Å². The zero-order chi connectivity index (χ0) is 17.1. The van der Waals surface area contributed by atoms with Gasteiger partial charge in [0.2, 0.25) is 11.3 Å². The fraction of sp³-hybridized carbons (Fsp3) is 0.333. The molecule has 1 heterocycles. The lowest BCUT2D eigenvalue weighted by Crippen LogP contribution is -2.16. The molecule has 0 unspecified atom stereocenters. The van der Waals surface area contributed by atoms with E-state index in [1.807, 2.05) is 0 Å². The Morgan fingerprint density at radius 3 is 2.57 bits per heavy atom. The van der Waals surface area contributed by atoms with Crippen LogP contribution in [-0.2, 0) is 11.2 Å². The summed E-state index contributed by atoms with van der Waals surface area (Å²) in [5.74, 6) is -0.795. The largest absolute Gasteiger partial charge is 0.490 e. The third kappa shape index (κ3) is 2.87. The number of nitrogens with zero attached hydrogens (tertiary/aromatic N) is 1. The number of aryl methyl sites for hydroxylation is 1. The van der Waals surface area contributed by atoms with Gasteiger partial charge in [0.25, 0.3) is 0 Å². The lowest BCUT2D eigenvalue weighted by atomic mass is 10.0. The summed E-state index contributed by atoms with van der Waals surface area (Å²) < 4.78 is 14.9. The van der Waals surface area contributed by atoms with Crippen LogP contribution < -0.4 is 10.4 Å². The van der Waals surface area contributed by atoms with Gasteiger partial charge >= 0.3 is 17.3 Å². The number of ether oxygens (including phenoxy) is 2. The maximum Gasteiger partial charge on any atom is 0.354 e. The molecule has 1 aromatic heterocycles. The molecule has 2 rings (SSSR count). The number of methoxy groups -OCH3 is 1. The minimum Gasteiger partial charge on any atom is -0.490 e. The second-order valence-corrected chi connectivity index (χ2v) is 4.61. The fourth-order valence-electron chi connectivity index (χ4n) is 2.29. The highest BCUT2D eigenvalue weighted by Crippen LogP contribution is 2.38. The van der Waals surface area contributed by atoms with Crippen LogP contribution in [0.5, 0.6) is 5.75 Å². The first-order valence-electron chi connectivity index (χ1n) is 6.93. The lowest BCUT2D eigenvalue weighted by molar-refractivity contribution is -0.384. The van der Waals surface area contributed by atoms with Crippen molar-refractivity contribution >= 4 is 22.6 Å². The molecule has 2 aromatic rings. The predicted octanol–water partition coefficient (Wildman–Crippen LogP) is 2.45. The minimum atomic E-state index is -0.995. The van der Waals surface area contributed by atoms with E-state index in [2.05, 4.69) is 0 Å². The number of nitro groups is 1. The van der Waals surface area contributed by atoms with Gasteiger partial charge in [-0.1, -0.05) is 6.92 Å². The molecular formula is C15H15NO7. The smallest absolute Gasteiger partial charge is 0.354 e. The monoisotopic (exact) mass is 321 g/mol. The molecule has 0 aliphatic heterocycles. The van der Waals surface area contributed by atoms with Crippen LogP contribution in [0.3, 0.4) is 0 Å². The topological polar surface area (TPSA) is 109 Å². The van der Waals surface area contributed by atoms with Crippen LogP contribution >= 0.6 is 0 Å². The number of nitro benzene ring substituents is 1. The summed E-state index contributed by atoms with van der Waals surface area (Å²) in [6.07, 6.45) is 0.466. The minimum absolute atomic E-state index is 0.0389. The van der Waals surface area contributed by atoms with Crippen molar-refractivity contribution in [1.82, 2.24) is 0 Å². The van der Waals surface area contributed by atoms with E-state index < -0.39 is 22.2 Å². The first kappa shape index (κ1) is 16.5. The second-order valence-electron chi connectivity index (χ2n) is 4.61. The molecule has 0 spiro atoms. The molecule has 1 aromatic carbocycles. The summed E-state index contributed by atoms with van der Waals surface area (Å²) in [4.78, 5) is 34.4. The molecule has 0 bridgehead atoms. The van der Waals surface area contributed by atoms with E-state index in [9.17, 15) is 19.7 Å². The van der Waals surface area contributed by atoms with Crippen LogP contribution in [0.2, 0.25) is 0 Å². The second kappa shape index (κ2) is 6.47. The number of hydrogen-bond donors (Lipinski definition) is 0. The van der Waals surface area contributed by atoms with E-state index in [1.165, 1.54) is 13.2 Å². The van der Waals surface area contributed by atoms with E-state index >= 15 is 0 Å². The first-order valence-corrected chi connectivity index (χ1v) is 6.93. The third-order valence-corrected chi connectivity index (χ3v) is 3.29. The summed E-state index contributed by atoms with van der Waals surface area (Å²) in [6, 6.07) is 2.83. The molecule has 0 aliphatic rings. The molecular weight excluding hydrogens is 306 g/mol. The van der Waals surface area contributed by atoms with Gasteiger partial charge in [-0.15, -0.1) is 0 Å². The van der Waals surface area contributed by atoms with E-state index in [1.54, 1.807) is 19.9 Å². The van der Waals surface area contributed by atoms with Crippen LogP contribution in [0.25, 0.3) is 11.0 Å². The average Bonchev–Trinajstić information content (AvgIpc) is 2.52. The van der Waals surface area contributed by atoms with Crippen LogP contribution in [-0.4, -0.2) is 24.6 Å². The molecule has 0 N–H and O–H groups in total. The quantitative estimate of drug-likeness (QED) is 0.360. The van der Waals surface area contributed by atoms with Crippen molar-refractivity contribution in [2.45, 2.75) is 20.3 Å². The zero-order valence-electron chi connectivity index (χ0n) is 12.9. The van der Waals surface area contributed by atoms with E-state index in [0.717, 1.165) is 0 Å². The number of fused-ring (bicyclic) bond motifs is 1. The Morgan fingerprint density at radius 1 is 1.35 bits per heavy atom. The van der Waals surface area contributed by atoms with Gasteiger partial charge in [0.15, 0.2) is 0 Å². The van der Waals surface area contributed by atoms with Gasteiger partial charge in [0, 0.05) is 10.9 Å². The Balaban J connectivity index is 2.86. The molecule has 0 saturated heterocycles. The van der Waals surface area contributed by atoms with Crippen molar-refractivity contribution in [2.75, 3.05) is 13.7 Å². The Morgan fingerprint density at radius 2 is 2.04 bits per heavy atom. The Kier molecular flexibility index (Phi) is 4.63. The van der Waals surface area contributed by atoms with Crippen molar-refractivity contribution < 1.29 is 23.6 Å². The highest BCUT2D eigenvalue weighted by Gasteiger charge is 2.27. The van der Waals surface area contributed by atoms with Gasteiger partial charge in [0.05, 0.1) is 18.6 Å². The van der Waals surface area contributed by atoms with Crippen molar-refractivity contribution in [2.24, 2.45) is 0 Å². The molecule has 0 aliphatic carbocycles. The Labute approximate surface area is 130 Å². The maximum atomic E-state index is 11.9. The van der Waals surface area contributed by atoms with E-state index in [0.29, 0.717) is 12.0 Å². The maximum absolute atomic E-state index is 11.9. The third-order valence-electron chi connectivity index (χ3n) is 3.29. The molecule has 0 saturated carbocycles. The van der Waals surface area contributed by atoms with Crippen LogP contribution in [0.15, 0.2) is 21.3 Å². The van der Waals surface area contributed by atoms with Gasteiger partial charge in [-0.05, 0) is 25.5 Å². The highest BCUT2D eigenvalue weighted by molar-refractivity contribution is 5.96. The molecule has 0 amide bonds. The van der Waals surface area contributed by atoms with Crippen LogP contribution in [0, 0.1) is 10.1 Å². The summed E-state index contributed by atoms with van der Waals surface area (Å²) in [5.41, 5.74) is -1.40. The fourth-order valence-corrected chi connectivity index (χ4v) is 2.29. The van der Waals surface area contributed by atoms with Gasteiger partial charge < -0.3 is 13.9 Å². The Bertz CT molecular complexity index is 838. The number of hydrogen-bond acceptors (Lipinski definition) is 7. The lowest BCUT2D eigenvalue weighted by Gasteiger charge is -2.10. The average molecular weight is 321 g/mol. The SMILES string of the molecule is CCOC(=O)c1cc2cc(CC)c(OC)c([N+](=O)[O-])c2oc1=O. The predicted molar refractivity (Wildman–Crippen MR) is 81.0 cm³/mol. The van der Waals surface area contributed by atoms with Crippen molar-refractivity contribution in [3.05, 3.63) is 43.8 Å². The molecule has 23 heavy (non-hydrogen) atoms. The standard InChI is InChI=1S/C15H15NO7/c1-4-8-6-9-7-10(14(17)22-5-2)15(18)23-13(9)11(16(19)20)12(8)21-3/h6-7H,4-5H2,1-3H3. The molecule has 8 nitrogen and oxygen atoms in total. The van der Waals surface area contributed by atoms with Crippen molar-refractivity contribution in [3.8, 4) is 5.75 Å². The molecule has 0 atom stereocenters. The number of carbonyl (C=O) groups excluding carboxylic acids is 1. The van der Waals surface area contributed by atoms with Gasteiger partial charge in [-0.2, -0.15) is 0 Å². The van der Waals surface area contributed by atoms with E-state index in [4.69, 9.17) is 13.9 Å². The van der Waals surface area contributed by atoms with Crippen LogP contribution in [0.1, 0.15) is 29.8 Å². The molecule has 122 valence electrons. The van der Waals surface area contributed by atoms with Gasteiger partial charge in [-0.3, -0.25) is 10.1 Å². The summed E-state index contributed by atoms with van der Waals surface area (Å²) in [6.45, 7) is 3.50. The van der Waals surface area contributed by atoms with Gasteiger partial charge in [0.1, 0.15) is 5.56 Å². The summed E-state index contributed by atoms with van der Waals surface area (Å²) in [5, 5.41) is 11.6. The number of benzene rings is 1. The zero-order valence-corrected chi connectivity index (χ0v) is 12.9. The van der Waals surface area contributed by atoms with Crippen LogP contribution in [0.4, 0.5) is 5.69 Å². The summed E-state index contributed by atoms with van der Waals surface area (Å²) >= 11 is 0. The molecule has 0 radical (unpaired) electrons. The first-order chi connectivity index (χ1) is 10.9. The number of carbonyl (C=O) groups is 1. The van der Waals surface area contributed by atoms with Crippen molar-refractivity contribution in [3.63, 3.8) is 0 Å². The van der Waals surface area contributed by atoms with Crippen molar-refractivity contribution in [1.29, 1.82) is 0 Å².